The predicted molar refractivity (Wildman–Crippen MR) is 66.6 cm³/mol. The molecule has 1 aromatic heterocycles. The molecule has 0 radical (unpaired) electrons. The molecule has 1 heterocycles. The van der Waals surface area contributed by atoms with E-state index in [0.717, 1.165) is 29.7 Å². The molecule has 2 rings (SSSR count). The minimum Gasteiger partial charge on any atom is -0.383 e. The summed E-state index contributed by atoms with van der Waals surface area (Å²) < 4.78 is 0. The predicted octanol–water partition coefficient (Wildman–Crippen LogP) is 1.63. The first kappa shape index (κ1) is 11.1. The number of nitrogens with two attached hydrogens (primary N) is 1. The smallest absolute Gasteiger partial charge is 0.135 e. The van der Waals surface area contributed by atoms with Gasteiger partial charge >= 0.3 is 0 Å². The number of hydrogen-bond acceptors (Lipinski definition) is 4. The third kappa shape index (κ3) is 2.23. The van der Waals surface area contributed by atoms with Crippen LogP contribution in [0.3, 0.4) is 0 Å². The standard InChI is InChI=1S/C11H13ClN4/c1-14-5-4-10-15-9-3-2-7(12)6-8(9)11(13)16-10/h2-3,6,14H,4-5H2,1H3,(H2,13,15,16). The Hall–Kier alpha value is -1.39. The zero-order valence-corrected chi connectivity index (χ0v) is 9.75. The van der Waals surface area contributed by atoms with Gasteiger partial charge in [0.2, 0.25) is 0 Å². The summed E-state index contributed by atoms with van der Waals surface area (Å²) in [5.41, 5.74) is 6.70. The van der Waals surface area contributed by atoms with Crippen LogP contribution >= 0.6 is 11.6 Å². The highest BCUT2D eigenvalue weighted by atomic mass is 35.5. The molecule has 1 aromatic carbocycles. The van der Waals surface area contributed by atoms with E-state index in [0.29, 0.717) is 10.8 Å². The van der Waals surface area contributed by atoms with Gasteiger partial charge in [0.1, 0.15) is 11.6 Å². The Morgan fingerprint density at radius 1 is 1.38 bits per heavy atom. The van der Waals surface area contributed by atoms with Crippen molar-refractivity contribution in [3.05, 3.63) is 29.0 Å². The van der Waals surface area contributed by atoms with Crippen molar-refractivity contribution >= 4 is 28.3 Å². The second-order valence-corrected chi connectivity index (χ2v) is 3.98. The Morgan fingerprint density at radius 2 is 2.19 bits per heavy atom. The number of aromatic nitrogens is 2. The molecule has 0 unspecified atom stereocenters. The van der Waals surface area contributed by atoms with E-state index < -0.39 is 0 Å². The number of fused-ring (bicyclic) bond motifs is 1. The number of hydrogen-bond donors (Lipinski definition) is 2. The summed E-state index contributed by atoms with van der Waals surface area (Å²) in [6.45, 7) is 0.832. The zero-order chi connectivity index (χ0) is 11.5. The van der Waals surface area contributed by atoms with Crippen molar-refractivity contribution in [2.45, 2.75) is 6.42 Å². The van der Waals surface area contributed by atoms with E-state index >= 15 is 0 Å². The molecular formula is C11H13ClN4. The lowest BCUT2D eigenvalue weighted by Gasteiger charge is -2.05. The Morgan fingerprint density at radius 3 is 2.94 bits per heavy atom. The summed E-state index contributed by atoms with van der Waals surface area (Å²) in [4.78, 5) is 8.67. The van der Waals surface area contributed by atoms with E-state index in [-0.39, 0.29) is 0 Å². The third-order valence-electron chi connectivity index (χ3n) is 2.33. The lowest BCUT2D eigenvalue weighted by Crippen LogP contribution is -2.13. The van der Waals surface area contributed by atoms with Crippen LogP contribution in [0.15, 0.2) is 18.2 Å². The lowest BCUT2D eigenvalue weighted by atomic mass is 10.2. The number of nitrogen functional groups attached to an aromatic ring is 1. The Labute approximate surface area is 98.8 Å². The van der Waals surface area contributed by atoms with Gasteiger partial charge in [-0.2, -0.15) is 0 Å². The van der Waals surface area contributed by atoms with E-state index in [1.165, 1.54) is 0 Å². The number of halogens is 1. The van der Waals surface area contributed by atoms with Crippen LogP contribution in [0.4, 0.5) is 5.82 Å². The van der Waals surface area contributed by atoms with Crippen molar-refractivity contribution < 1.29 is 0 Å². The molecule has 2 aromatic rings. The van der Waals surface area contributed by atoms with E-state index in [2.05, 4.69) is 15.3 Å². The lowest BCUT2D eigenvalue weighted by molar-refractivity contribution is 0.760. The average Bonchev–Trinajstić information content (AvgIpc) is 2.27. The highest BCUT2D eigenvalue weighted by Gasteiger charge is 2.05. The summed E-state index contributed by atoms with van der Waals surface area (Å²) in [6.07, 6.45) is 0.763. The fourth-order valence-corrected chi connectivity index (χ4v) is 1.69. The molecule has 0 aliphatic rings. The zero-order valence-electron chi connectivity index (χ0n) is 9.00. The van der Waals surface area contributed by atoms with Crippen LogP contribution in [-0.4, -0.2) is 23.6 Å². The summed E-state index contributed by atoms with van der Waals surface area (Å²) in [6, 6.07) is 5.45. The molecule has 0 aliphatic carbocycles. The first-order valence-corrected chi connectivity index (χ1v) is 5.45. The van der Waals surface area contributed by atoms with Gasteiger partial charge in [0.05, 0.1) is 5.52 Å². The molecule has 5 heteroatoms. The van der Waals surface area contributed by atoms with Crippen molar-refractivity contribution in [3.8, 4) is 0 Å². The normalized spacial score (nSPS) is 10.9. The quantitative estimate of drug-likeness (QED) is 0.850. The number of nitrogens with one attached hydrogen (secondary N) is 1. The molecule has 0 amide bonds. The fourth-order valence-electron chi connectivity index (χ4n) is 1.52. The molecule has 16 heavy (non-hydrogen) atoms. The molecule has 0 fully saturated rings. The SMILES string of the molecule is CNCCc1nc(N)c2cc(Cl)ccc2n1. The first-order chi connectivity index (χ1) is 7.70. The number of benzene rings is 1. The van der Waals surface area contributed by atoms with Crippen molar-refractivity contribution in [1.82, 2.24) is 15.3 Å². The van der Waals surface area contributed by atoms with Gasteiger partial charge in [-0.25, -0.2) is 9.97 Å². The Kier molecular flexibility index (Phi) is 3.22. The van der Waals surface area contributed by atoms with Crippen LogP contribution in [0, 0.1) is 0 Å². The summed E-state index contributed by atoms with van der Waals surface area (Å²) in [7, 11) is 1.89. The van der Waals surface area contributed by atoms with Crippen LogP contribution in [0.25, 0.3) is 10.9 Å². The highest BCUT2D eigenvalue weighted by molar-refractivity contribution is 6.31. The molecule has 3 N–H and O–H groups in total. The van der Waals surface area contributed by atoms with Crippen LogP contribution in [-0.2, 0) is 6.42 Å². The molecule has 0 bridgehead atoms. The maximum absolute atomic E-state index is 5.89. The molecule has 0 atom stereocenters. The van der Waals surface area contributed by atoms with E-state index in [9.17, 15) is 0 Å². The average molecular weight is 237 g/mol. The van der Waals surface area contributed by atoms with Crippen molar-refractivity contribution in [3.63, 3.8) is 0 Å². The van der Waals surface area contributed by atoms with Crippen LogP contribution in [0.1, 0.15) is 5.82 Å². The Balaban J connectivity index is 2.46. The van der Waals surface area contributed by atoms with Gasteiger partial charge < -0.3 is 11.1 Å². The molecule has 4 nitrogen and oxygen atoms in total. The number of anilines is 1. The summed E-state index contributed by atoms with van der Waals surface area (Å²) in [5.74, 6) is 1.24. The molecule has 0 spiro atoms. The van der Waals surface area contributed by atoms with E-state index in [1.807, 2.05) is 13.1 Å². The van der Waals surface area contributed by atoms with Gasteiger partial charge in [0, 0.05) is 23.4 Å². The summed E-state index contributed by atoms with van der Waals surface area (Å²) in [5, 5.41) is 4.50. The van der Waals surface area contributed by atoms with Crippen LogP contribution < -0.4 is 11.1 Å². The third-order valence-corrected chi connectivity index (χ3v) is 2.57. The van der Waals surface area contributed by atoms with Gasteiger partial charge in [-0.15, -0.1) is 0 Å². The molecule has 0 saturated carbocycles. The van der Waals surface area contributed by atoms with Crippen molar-refractivity contribution in [2.75, 3.05) is 19.3 Å². The summed E-state index contributed by atoms with van der Waals surface area (Å²) >= 11 is 5.89. The minimum absolute atomic E-state index is 0.485. The maximum atomic E-state index is 5.89. The topological polar surface area (TPSA) is 63.8 Å². The second-order valence-electron chi connectivity index (χ2n) is 3.54. The van der Waals surface area contributed by atoms with Gasteiger partial charge in [-0.3, -0.25) is 0 Å². The van der Waals surface area contributed by atoms with Gasteiger partial charge in [0.15, 0.2) is 0 Å². The van der Waals surface area contributed by atoms with Crippen LogP contribution in [0.2, 0.25) is 5.02 Å². The van der Waals surface area contributed by atoms with Gasteiger partial charge in [-0.1, -0.05) is 11.6 Å². The second kappa shape index (κ2) is 4.63. The minimum atomic E-state index is 0.485. The first-order valence-electron chi connectivity index (χ1n) is 5.07. The van der Waals surface area contributed by atoms with E-state index in [4.69, 9.17) is 17.3 Å². The largest absolute Gasteiger partial charge is 0.383 e. The fraction of sp³-hybridized carbons (Fsp3) is 0.273. The number of nitrogens with zero attached hydrogens (tertiary/aromatic N) is 2. The van der Waals surface area contributed by atoms with Gasteiger partial charge in [-0.05, 0) is 25.2 Å². The van der Waals surface area contributed by atoms with Crippen molar-refractivity contribution in [2.24, 2.45) is 0 Å². The van der Waals surface area contributed by atoms with E-state index in [1.54, 1.807) is 12.1 Å². The van der Waals surface area contributed by atoms with Crippen molar-refractivity contribution in [1.29, 1.82) is 0 Å². The maximum Gasteiger partial charge on any atom is 0.135 e. The highest BCUT2D eigenvalue weighted by Crippen LogP contribution is 2.21. The monoisotopic (exact) mass is 236 g/mol. The molecular weight excluding hydrogens is 224 g/mol. The van der Waals surface area contributed by atoms with Gasteiger partial charge in [0.25, 0.3) is 0 Å². The molecule has 0 aliphatic heterocycles. The molecule has 0 saturated heterocycles. The van der Waals surface area contributed by atoms with Crippen LogP contribution in [0.5, 0.6) is 0 Å². The molecule has 84 valence electrons. The number of likely N-dealkylation sites (N-methyl/N-ethyl adjacent to an activating group) is 1. The number of rotatable bonds is 3. The Bertz CT molecular complexity index is 513.